The Morgan fingerprint density at radius 1 is 1.11 bits per heavy atom. The van der Waals surface area contributed by atoms with Crippen molar-refractivity contribution in [3.05, 3.63) is 65.2 Å². The molecule has 2 aromatic rings. The highest BCUT2D eigenvalue weighted by Crippen LogP contribution is 2.16. The molecule has 0 bridgehead atoms. The van der Waals surface area contributed by atoms with Gasteiger partial charge in [-0.15, -0.1) is 0 Å². The van der Waals surface area contributed by atoms with E-state index in [1.807, 2.05) is 18.2 Å². The molecule has 0 aliphatic heterocycles. The van der Waals surface area contributed by atoms with Crippen LogP contribution in [0.3, 0.4) is 0 Å². The lowest BCUT2D eigenvalue weighted by Crippen LogP contribution is -2.13. The lowest BCUT2D eigenvalue weighted by Gasteiger charge is -2.10. The molecule has 0 amide bonds. The number of pyridine rings is 1. The summed E-state index contributed by atoms with van der Waals surface area (Å²) in [6, 6.07) is 8.91. The maximum Gasteiger partial charge on any atom is 0.123 e. The fourth-order valence-electron chi connectivity index (χ4n) is 1.91. The first-order chi connectivity index (χ1) is 8.79. The highest BCUT2D eigenvalue weighted by atomic mass is 19.1. The highest BCUT2D eigenvalue weighted by molar-refractivity contribution is 5.32. The van der Waals surface area contributed by atoms with Gasteiger partial charge < -0.3 is 5.32 Å². The summed E-state index contributed by atoms with van der Waals surface area (Å²) in [5.74, 6) is -0.181. The Hall–Kier alpha value is -1.74. The molecular weight excluding hydrogens is 227 g/mol. The van der Waals surface area contributed by atoms with Gasteiger partial charge in [0.1, 0.15) is 5.82 Å². The topological polar surface area (TPSA) is 24.9 Å². The fraction of sp³-hybridized carbons (Fsp3) is 0.267. The Labute approximate surface area is 107 Å². The van der Waals surface area contributed by atoms with Crippen molar-refractivity contribution >= 4 is 0 Å². The summed E-state index contributed by atoms with van der Waals surface area (Å²) in [6.45, 7) is 3.75. The summed E-state index contributed by atoms with van der Waals surface area (Å²) in [6.07, 6.45) is 4.26. The molecule has 0 radical (unpaired) electrons. The van der Waals surface area contributed by atoms with Crippen LogP contribution >= 0.6 is 0 Å². The fourth-order valence-corrected chi connectivity index (χ4v) is 1.91. The van der Waals surface area contributed by atoms with Gasteiger partial charge in [-0.3, -0.25) is 4.98 Å². The second-order valence-corrected chi connectivity index (χ2v) is 4.23. The molecule has 1 heterocycles. The molecule has 1 N–H and O–H groups in total. The van der Waals surface area contributed by atoms with E-state index >= 15 is 0 Å². The van der Waals surface area contributed by atoms with Crippen LogP contribution in [0.15, 0.2) is 42.7 Å². The van der Waals surface area contributed by atoms with Crippen molar-refractivity contribution in [2.75, 3.05) is 6.54 Å². The monoisotopic (exact) mass is 244 g/mol. The van der Waals surface area contributed by atoms with Gasteiger partial charge >= 0.3 is 0 Å². The second kappa shape index (κ2) is 6.26. The maximum absolute atomic E-state index is 13.3. The van der Waals surface area contributed by atoms with E-state index in [0.717, 1.165) is 36.2 Å². The van der Waals surface area contributed by atoms with Crippen LogP contribution in [0.4, 0.5) is 4.39 Å². The van der Waals surface area contributed by atoms with Gasteiger partial charge in [0.25, 0.3) is 0 Å². The maximum atomic E-state index is 13.3. The first-order valence-corrected chi connectivity index (χ1v) is 6.16. The molecule has 0 atom stereocenters. The van der Waals surface area contributed by atoms with Crippen molar-refractivity contribution in [1.82, 2.24) is 10.3 Å². The minimum Gasteiger partial charge on any atom is -0.313 e. The average molecular weight is 244 g/mol. The van der Waals surface area contributed by atoms with Gasteiger partial charge in [-0.05, 0) is 53.9 Å². The van der Waals surface area contributed by atoms with E-state index in [1.54, 1.807) is 18.5 Å². The quantitative estimate of drug-likeness (QED) is 0.874. The second-order valence-electron chi connectivity index (χ2n) is 4.23. The Morgan fingerprint density at radius 3 is 2.61 bits per heavy atom. The first-order valence-electron chi connectivity index (χ1n) is 6.16. The van der Waals surface area contributed by atoms with Crippen molar-refractivity contribution in [2.24, 2.45) is 0 Å². The molecule has 2 rings (SSSR count). The van der Waals surface area contributed by atoms with E-state index in [1.165, 1.54) is 6.07 Å². The zero-order valence-electron chi connectivity index (χ0n) is 10.5. The summed E-state index contributed by atoms with van der Waals surface area (Å²) in [5.41, 5.74) is 3.32. The Bertz CT molecular complexity index is 497. The molecule has 0 aliphatic rings. The molecule has 0 saturated heterocycles. The number of benzene rings is 1. The molecule has 94 valence electrons. The Morgan fingerprint density at radius 2 is 1.89 bits per heavy atom. The minimum atomic E-state index is -0.181. The summed E-state index contributed by atoms with van der Waals surface area (Å²) in [4.78, 5) is 3.99. The Kier molecular flexibility index (Phi) is 4.42. The van der Waals surface area contributed by atoms with E-state index in [9.17, 15) is 4.39 Å². The molecule has 0 saturated carbocycles. The smallest absolute Gasteiger partial charge is 0.123 e. The largest absolute Gasteiger partial charge is 0.313 e. The van der Waals surface area contributed by atoms with Crippen LogP contribution in [0.25, 0.3) is 0 Å². The lowest BCUT2D eigenvalue weighted by atomic mass is 10.00. The molecule has 18 heavy (non-hydrogen) atoms. The van der Waals surface area contributed by atoms with Gasteiger partial charge in [0.15, 0.2) is 0 Å². The normalized spacial score (nSPS) is 10.6. The van der Waals surface area contributed by atoms with E-state index in [2.05, 4.69) is 17.2 Å². The third-order valence-corrected chi connectivity index (χ3v) is 2.88. The third kappa shape index (κ3) is 3.37. The van der Waals surface area contributed by atoms with Gasteiger partial charge in [-0.25, -0.2) is 4.39 Å². The molecule has 1 aromatic heterocycles. The summed E-state index contributed by atoms with van der Waals surface area (Å²) in [5, 5.41) is 3.28. The third-order valence-electron chi connectivity index (χ3n) is 2.88. The van der Waals surface area contributed by atoms with Gasteiger partial charge in [-0.2, -0.15) is 0 Å². The minimum absolute atomic E-state index is 0.181. The Balaban J connectivity index is 2.22. The molecule has 0 fully saturated rings. The summed E-state index contributed by atoms with van der Waals surface area (Å²) < 4.78 is 13.3. The van der Waals surface area contributed by atoms with E-state index in [-0.39, 0.29) is 5.82 Å². The van der Waals surface area contributed by atoms with Crippen LogP contribution in [0.1, 0.15) is 23.6 Å². The standard InChI is InChI=1S/C15H17FN2/c1-2-17-11-13-3-4-15(16)10-14(13)9-12-5-7-18-8-6-12/h3-8,10,17H,2,9,11H2,1H3. The molecule has 0 aliphatic carbocycles. The lowest BCUT2D eigenvalue weighted by molar-refractivity contribution is 0.623. The van der Waals surface area contributed by atoms with Crippen molar-refractivity contribution < 1.29 is 4.39 Å². The number of halogens is 1. The zero-order chi connectivity index (χ0) is 12.8. The van der Waals surface area contributed by atoms with Crippen molar-refractivity contribution in [3.8, 4) is 0 Å². The first kappa shape index (κ1) is 12.7. The molecule has 2 nitrogen and oxygen atoms in total. The molecule has 1 aromatic carbocycles. The number of hydrogen-bond acceptors (Lipinski definition) is 2. The van der Waals surface area contributed by atoms with Crippen LogP contribution in [0.2, 0.25) is 0 Å². The number of rotatable bonds is 5. The van der Waals surface area contributed by atoms with Crippen molar-refractivity contribution in [3.63, 3.8) is 0 Å². The van der Waals surface area contributed by atoms with E-state index in [4.69, 9.17) is 0 Å². The molecule has 3 heteroatoms. The van der Waals surface area contributed by atoms with Gasteiger partial charge in [0.2, 0.25) is 0 Å². The molecular formula is C15H17FN2. The number of aromatic nitrogens is 1. The van der Waals surface area contributed by atoms with Crippen LogP contribution < -0.4 is 5.32 Å². The predicted octanol–water partition coefficient (Wildman–Crippen LogP) is 2.92. The zero-order valence-corrected chi connectivity index (χ0v) is 10.5. The van der Waals surface area contributed by atoms with Crippen LogP contribution in [-0.2, 0) is 13.0 Å². The number of nitrogens with zero attached hydrogens (tertiary/aromatic N) is 1. The summed E-state index contributed by atoms with van der Waals surface area (Å²) in [7, 11) is 0. The van der Waals surface area contributed by atoms with Gasteiger partial charge in [0, 0.05) is 18.9 Å². The predicted molar refractivity (Wildman–Crippen MR) is 70.8 cm³/mol. The number of nitrogens with one attached hydrogen (secondary N) is 1. The van der Waals surface area contributed by atoms with Crippen LogP contribution in [0.5, 0.6) is 0 Å². The van der Waals surface area contributed by atoms with E-state index in [0.29, 0.717) is 0 Å². The van der Waals surface area contributed by atoms with Gasteiger partial charge in [-0.1, -0.05) is 13.0 Å². The van der Waals surface area contributed by atoms with Crippen molar-refractivity contribution in [2.45, 2.75) is 19.9 Å². The average Bonchev–Trinajstić information content (AvgIpc) is 2.39. The van der Waals surface area contributed by atoms with E-state index < -0.39 is 0 Å². The van der Waals surface area contributed by atoms with Gasteiger partial charge in [0.05, 0.1) is 0 Å². The molecule has 0 unspecified atom stereocenters. The molecule has 0 spiro atoms. The van der Waals surface area contributed by atoms with Crippen molar-refractivity contribution in [1.29, 1.82) is 0 Å². The van der Waals surface area contributed by atoms with Crippen LogP contribution in [0, 0.1) is 5.82 Å². The number of hydrogen-bond donors (Lipinski definition) is 1. The van der Waals surface area contributed by atoms with Crippen LogP contribution in [-0.4, -0.2) is 11.5 Å². The SMILES string of the molecule is CCNCc1ccc(F)cc1Cc1ccncc1. The highest BCUT2D eigenvalue weighted by Gasteiger charge is 2.05. The summed E-state index contributed by atoms with van der Waals surface area (Å²) >= 11 is 0.